The maximum atomic E-state index is 12.6. The number of piperazine rings is 1. The van der Waals surface area contributed by atoms with E-state index >= 15 is 0 Å². The first-order valence-corrected chi connectivity index (χ1v) is 11.6. The Morgan fingerprint density at radius 2 is 1.88 bits per heavy atom. The Morgan fingerprint density at radius 3 is 2.58 bits per heavy atom. The topological polar surface area (TPSA) is 75.5 Å². The lowest BCUT2D eigenvalue weighted by molar-refractivity contribution is 0.194. The summed E-state index contributed by atoms with van der Waals surface area (Å²) in [6, 6.07) is 16.5. The van der Waals surface area contributed by atoms with E-state index in [1.165, 1.54) is 5.56 Å². The minimum Gasteiger partial charge on any atom is -0.492 e. The van der Waals surface area contributed by atoms with E-state index < -0.39 is 0 Å². The van der Waals surface area contributed by atoms with Gasteiger partial charge in [-0.2, -0.15) is 5.10 Å². The first-order valence-electron chi connectivity index (χ1n) is 11.6. The Balaban J connectivity index is 1.29. The lowest BCUT2D eigenvalue weighted by atomic mass is 10.1. The molecule has 8 nitrogen and oxygen atoms in total. The highest BCUT2D eigenvalue weighted by molar-refractivity contribution is 5.74. The Bertz CT molecular complexity index is 1040. The summed E-state index contributed by atoms with van der Waals surface area (Å²) in [5.41, 5.74) is 3.26. The first kappa shape index (κ1) is 22.6. The summed E-state index contributed by atoms with van der Waals surface area (Å²) >= 11 is 0. The predicted octanol–water partition coefficient (Wildman–Crippen LogP) is 3.44. The van der Waals surface area contributed by atoms with E-state index in [-0.39, 0.29) is 6.03 Å². The fourth-order valence-electron chi connectivity index (χ4n) is 4.03. The van der Waals surface area contributed by atoms with Crippen molar-refractivity contribution < 1.29 is 9.53 Å². The molecule has 8 heteroatoms. The zero-order valence-electron chi connectivity index (χ0n) is 19.4. The van der Waals surface area contributed by atoms with Crippen LogP contribution in [0.4, 0.5) is 10.5 Å². The van der Waals surface area contributed by atoms with Crippen LogP contribution in [0.2, 0.25) is 0 Å². The van der Waals surface area contributed by atoms with Gasteiger partial charge in [-0.15, -0.1) is 0 Å². The largest absolute Gasteiger partial charge is 0.492 e. The van der Waals surface area contributed by atoms with Crippen LogP contribution in [0, 0.1) is 6.92 Å². The van der Waals surface area contributed by atoms with Crippen LogP contribution >= 0.6 is 0 Å². The van der Waals surface area contributed by atoms with Gasteiger partial charge in [0.2, 0.25) is 0 Å². The molecule has 0 unspecified atom stereocenters. The van der Waals surface area contributed by atoms with Crippen molar-refractivity contribution in [2.75, 3.05) is 44.2 Å². The second-order valence-corrected chi connectivity index (χ2v) is 8.12. The van der Waals surface area contributed by atoms with Gasteiger partial charge in [-0.3, -0.25) is 0 Å². The number of hydrogen-bond donors (Lipinski definition) is 1. The van der Waals surface area contributed by atoms with E-state index in [9.17, 15) is 4.79 Å². The van der Waals surface area contributed by atoms with Crippen molar-refractivity contribution in [2.24, 2.45) is 0 Å². The number of hydrogen-bond acceptors (Lipinski definition) is 5. The van der Waals surface area contributed by atoms with Gasteiger partial charge in [0, 0.05) is 44.5 Å². The lowest BCUT2D eigenvalue weighted by Crippen LogP contribution is -2.52. The summed E-state index contributed by atoms with van der Waals surface area (Å²) in [6.07, 6.45) is 3.61. The molecule has 1 saturated heterocycles. The standard InChI is InChI=1S/C25H32N6O2/c1-3-33-24-18-22(11-12-23(24)31-19-27-20(2)28-31)29-14-16-30(17-15-29)25(32)26-13-7-10-21-8-5-4-6-9-21/h4-6,8-9,11-12,18-19H,3,7,10,13-17H2,1-2H3,(H,26,32). The molecule has 3 aromatic rings. The molecule has 4 rings (SSSR count). The number of carbonyl (C=O) groups is 1. The van der Waals surface area contributed by atoms with Gasteiger partial charge in [0.15, 0.2) is 0 Å². The molecular formula is C25H32N6O2. The zero-order valence-corrected chi connectivity index (χ0v) is 19.4. The van der Waals surface area contributed by atoms with Gasteiger partial charge in [0.1, 0.15) is 23.6 Å². The molecule has 0 spiro atoms. The average molecular weight is 449 g/mol. The summed E-state index contributed by atoms with van der Waals surface area (Å²) < 4.78 is 7.63. The first-order chi connectivity index (χ1) is 16.1. The van der Waals surface area contributed by atoms with Crippen LogP contribution < -0.4 is 15.0 Å². The fourth-order valence-corrected chi connectivity index (χ4v) is 4.03. The van der Waals surface area contributed by atoms with Crippen molar-refractivity contribution in [2.45, 2.75) is 26.7 Å². The summed E-state index contributed by atoms with van der Waals surface area (Å²) in [6.45, 7) is 8.05. The number of amides is 2. The molecule has 2 amide bonds. The molecule has 1 fully saturated rings. The van der Waals surface area contributed by atoms with Crippen molar-refractivity contribution in [3.63, 3.8) is 0 Å². The number of rotatable bonds is 8. The molecule has 2 heterocycles. The SMILES string of the molecule is CCOc1cc(N2CCN(C(=O)NCCCc3ccccc3)CC2)ccc1-n1cnc(C)n1. The smallest absolute Gasteiger partial charge is 0.317 e. The number of nitrogens with zero attached hydrogens (tertiary/aromatic N) is 5. The van der Waals surface area contributed by atoms with Crippen LogP contribution in [-0.4, -0.2) is 65.0 Å². The molecule has 1 aliphatic heterocycles. The van der Waals surface area contributed by atoms with Crippen molar-refractivity contribution >= 4 is 11.7 Å². The van der Waals surface area contributed by atoms with Gasteiger partial charge in [-0.25, -0.2) is 14.5 Å². The Kier molecular flexibility index (Phi) is 7.44. The fraction of sp³-hybridized carbons (Fsp3) is 0.400. The predicted molar refractivity (Wildman–Crippen MR) is 129 cm³/mol. The molecule has 33 heavy (non-hydrogen) atoms. The zero-order chi connectivity index (χ0) is 23.0. The third-order valence-corrected chi connectivity index (χ3v) is 5.79. The highest BCUT2D eigenvalue weighted by atomic mass is 16.5. The molecule has 1 aliphatic rings. The Morgan fingerprint density at radius 1 is 1.09 bits per heavy atom. The van der Waals surface area contributed by atoms with Crippen LogP contribution in [-0.2, 0) is 6.42 Å². The number of nitrogens with one attached hydrogen (secondary N) is 1. The van der Waals surface area contributed by atoms with Crippen LogP contribution in [0.5, 0.6) is 5.75 Å². The lowest BCUT2D eigenvalue weighted by Gasteiger charge is -2.36. The second kappa shape index (κ2) is 10.8. The van der Waals surface area contributed by atoms with Crippen molar-refractivity contribution in [3.05, 3.63) is 66.2 Å². The normalized spacial score (nSPS) is 13.8. The number of anilines is 1. The van der Waals surface area contributed by atoms with E-state index in [0.29, 0.717) is 26.2 Å². The average Bonchev–Trinajstić information content (AvgIpc) is 3.28. The molecule has 0 bridgehead atoms. The van der Waals surface area contributed by atoms with Gasteiger partial charge >= 0.3 is 6.03 Å². The molecule has 2 aromatic carbocycles. The third-order valence-electron chi connectivity index (χ3n) is 5.79. The quantitative estimate of drug-likeness (QED) is 0.535. The molecule has 0 saturated carbocycles. The number of ether oxygens (including phenoxy) is 1. The van der Waals surface area contributed by atoms with Crippen molar-refractivity contribution in [1.82, 2.24) is 25.0 Å². The van der Waals surface area contributed by atoms with E-state index in [4.69, 9.17) is 4.74 Å². The summed E-state index contributed by atoms with van der Waals surface area (Å²) in [7, 11) is 0. The minimum absolute atomic E-state index is 0.0228. The van der Waals surface area contributed by atoms with Crippen LogP contribution in [0.3, 0.4) is 0 Å². The van der Waals surface area contributed by atoms with Crippen LogP contribution in [0.25, 0.3) is 5.69 Å². The van der Waals surface area contributed by atoms with Gasteiger partial charge in [0.25, 0.3) is 0 Å². The van der Waals surface area contributed by atoms with Gasteiger partial charge in [-0.05, 0) is 44.4 Å². The van der Waals surface area contributed by atoms with E-state index in [0.717, 1.165) is 48.9 Å². The molecule has 174 valence electrons. The molecule has 1 N–H and O–H groups in total. The van der Waals surface area contributed by atoms with Crippen molar-refractivity contribution in [3.8, 4) is 11.4 Å². The minimum atomic E-state index is 0.0228. The Hall–Kier alpha value is -3.55. The summed E-state index contributed by atoms with van der Waals surface area (Å²) in [5, 5.41) is 7.47. The molecule has 0 radical (unpaired) electrons. The summed E-state index contributed by atoms with van der Waals surface area (Å²) in [5.74, 6) is 1.49. The van der Waals surface area contributed by atoms with E-state index in [2.05, 4.69) is 44.6 Å². The van der Waals surface area contributed by atoms with E-state index in [1.54, 1.807) is 11.0 Å². The van der Waals surface area contributed by atoms with Gasteiger partial charge in [-0.1, -0.05) is 30.3 Å². The maximum absolute atomic E-state index is 12.6. The number of aromatic nitrogens is 3. The van der Waals surface area contributed by atoms with Gasteiger partial charge in [0.05, 0.1) is 6.61 Å². The second-order valence-electron chi connectivity index (χ2n) is 8.12. The highest BCUT2D eigenvalue weighted by Crippen LogP contribution is 2.29. The molecular weight excluding hydrogens is 416 g/mol. The molecule has 1 aromatic heterocycles. The number of carbonyl (C=O) groups excluding carboxylic acids is 1. The molecule has 0 aliphatic carbocycles. The van der Waals surface area contributed by atoms with Crippen LogP contribution in [0.1, 0.15) is 24.7 Å². The monoisotopic (exact) mass is 448 g/mol. The number of aryl methyl sites for hydroxylation is 2. The van der Waals surface area contributed by atoms with Crippen LogP contribution in [0.15, 0.2) is 54.9 Å². The summed E-state index contributed by atoms with van der Waals surface area (Å²) in [4.78, 5) is 21.0. The van der Waals surface area contributed by atoms with E-state index in [1.807, 2.05) is 43.0 Å². The highest BCUT2D eigenvalue weighted by Gasteiger charge is 2.22. The maximum Gasteiger partial charge on any atom is 0.317 e. The van der Waals surface area contributed by atoms with Gasteiger partial charge < -0.3 is 19.9 Å². The molecule has 0 atom stereocenters. The Labute approximate surface area is 195 Å². The third kappa shape index (κ3) is 5.83. The number of benzene rings is 2. The van der Waals surface area contributed by atoms with Crippen molar-refractivity contribution in [1.29, 1.82) is 0 Å². The number of urea groups is 1.